The predicted molar refractivity (Wildman–Crippen MR) is 50.0 cm³/mol. The van der Waals surface area contributed by atoms with E-state index in [4.69, 9.17) is 9.84 Å². The molecule has 0 aliphatic carbocycles. The highest BCUT2D eigenvalue weighted by atomic mass is 16.5. The van der Waals surface area contributed by atoms with Crippen molar-refractivity contribution >= 4 is 11.9 Å². The molecule has 1 unspecified atom stereocenters. The van der Waals surface area contributed by atoms with Crippen LogP contribution in [0.4, 0.5) is 0 Å². The Morgan fingerprint density at radius 3 is 2.87 bits per heavy atom. The molecule has 6 heteroatoms. The van der Waals surface area contributed by atoms with E-state index < -0.39 is 24.7 Å². The molecule has 0 aromatic carbocycles. The van der Waals surface area contributed by atoms with E-state index in [1.165, 1.54) is 7.11 Å². The molecule has 1 fully saturated rings. The van der Waals surface area contributed by atoms with E-state index in [0.717, 1.165) is 6.42 Å². The van der Waals surface area contributed by atoms with Crippen LogP contribution >= 0.6 is 0 Å². The fraction of sp³-hybridized carbons (Fsp3) is 0.778. The number of esters is 1. The van der Waals surface area contributed by atoms with Gasteiger partial charge in [-0.3, -0.25) is 4.79 Å². The van der Waals surface area contributed by atoms with E-state index in [1.807, 2.05) is 0 Å². The molecular formula is C9H15NO5. The Labute approximate surface area is 87.5 Å². The first-order valence-electron chi connectivity index (χ1n) is 4.79. The molecular weight excluding hydrogens is 202 g/mol. The Hall–Kier alpha value is -1.14. The highest BCUT2D eigenvalue weighted by molar-refractivity contribution is 5.87. The van der Waals surface area contributed by atoms with Gasteiger partial charge in [0.2, 0.25) is 5.91 Å². The molecule has 2 N–H and O–H groups in total. The minimum absolute atomic E-state index is 0.378. The minimum atomic E-state index is -1.01. The number of hydrogen-bond donors (Lipinski definition) is 2. The molecule has 1 rings (SSSR count). The van der Waals surface area contributed by atoms with E-state index in [2.05, 4.69) is 10.1 Å². The van der Waals surface area contributed by atoms with Crippen LogP contribution in [-0.2, 0) is 19.1 Å². The average Bonchev–Trinajstić information content (AvgIpc) is 2.77. The Morgan fingerprint density at radius 1 is 1.67 bits per heavy atom. The second-order valence-electron chi connectivity index (χ2n) is 3.27. The van der Waals surface area contributed by atoms with Gasteiger partial charge in [0.05, 0.1) is 13.7 Å². The second kappa shape index (κ2) is 5.67. The van der Waals surface area contributed by atoms with Crippen molar-refractivity contribution in [2.75, 3.05) is 20.3 Å². The van der Waals surface area contributed by atoms with Crippen molar-refractivity contribution < 1.29 is 24.2 Å². The van der Waals surface area contributed by atoms with Gasteiger partial charge in [-0.15, -0.1) is 0 Å². The summed E-state index contributed by atoms with van der Waals surface area (Å²) in [6.07, 6.45) is 0.967. The maximum atomic E-state index is 11.5. The highest BCUT2D eigenvalue weighted by Gasteiger charge is 2.28. The Balaban J connectivity index is 2.43. The molecule has 0 aromatic rings. The Morgan fingerprint density at radius 2 is 2.40 bits per heavy atom. The van der Waals surface area contributed by atoms with E-state index in [0.29, 0.717) is 13.0 Å². The van der Waals surface area contributed by atoms with E-state index >= 15 is 0 Å². The van der Waals surface area contributed by atoms with Gasteiger partial charge < -0.3 is 19.9 Å². The number of rotatable bonds is 4. The molecule has 1 amide bonds. The maximum absolute atomic E-state index is 11.5. The molecule has 0 bridgehead atoms. The van der Waals surface area contributed by atoms with Crippen LogP contribution in [0.5, 0.6) is 0 Å². The van der Waals surface area contributed by atoms with Crippen LogP contribution in [-0.4, -0.2) is 49.5 Å². The number of carbonyl (C=O) groups excluding carboxylic acids is 2. The first-order valence-corrected chi connectivity index (χ1v) is 4.79. The average molecular weight is 217 g/mol. The summed E-state index contributed by atoms with van der Waals surface area (Å²) in [6.45, 7) is 0.0746. The summed E-state index contributed by atoms with van der Waals surface area (Å²) in [4.78, 5) is 22.5. The standard InChI is InChI=1S/C9H15NO5/c1-14-9(13)6(5-11)10-8(12)7-3-2-4-15-7/h6-7,11H,2-5H2,1H3,(H,10,12)/t6?,7-/m1/s1. The van der Waals surface area contributed by atoms with Gasteiger partial charge in [0.1, 0.15) is 6.10 Å². The van der Waals surface area contributed by atoms with Crippen LogP contribution in [0.3, 0.4) is 0 Å². The van der Waals surface area contributed by atoms with Crippen molar-refractivity contribution in [1.29, 1.82) is 0 Å². The molecule has 0 radical (unpaired) electrons. The zero-order chi connectivity index (χ0) is 11.3. The summed E-state index contributed by atoms with van der Waals surface area (Å²) in [5.74, 6) is -1.04. The quantitative estimate of drug-likeness (QED) is 0.579. The molecule has 1 heterocycles. The lowest BCUT2D eigenvalue weighted by atomic mass is 10.2. The van der Waals surface area contributed by atoms with Gasteiger partial charge in [0.25, 0.3) is 0 Å². The van der Waals surface area contributed by atoms with Gasteiger partial charge in [-0.05, 0) is 12.8 Å². The number of aliphatic hydroxyl groups excluding tert-OH is 1. The summed E-state index contributed by atoms with van der Waals surface area (Å²) >= 11 is 0. The van der Waals surface area contributed by atoms with Crippen LogP contribution in [0.2, 0.25) is 0 Å². The van der Waals surface area contributed by atoms with Crippen molar-refractivity contribution in [3.05, 3.63) is 0 Å². The largest absolute Gasteiger partial charge is 0.467 e. The van der Waals surface area contributed by atoms with Crippen molar-refractivity contribution in [2.24, 2.45) is 0 Å². The monoisotopic (exact) mass is 217 g/mol. The molecule has 0 spiro atoms. The van der Waals surface area contributed by atoms with Gasteiger partial charge in [0, 0.05) is 6.61 Å². The molecule has 0 aromatic heterocycles. The van der Waals surface area contributed by atoms with E-state index in [9.17, 15) is 9.59 Å². The molecule has 6 nitrogen and oxygen atoms in total. The lowest BCUT2D eigenvalue weighted by Crippen LogP contribution is -2.47. The number of carbonyl (C=O) groups is 2. The first kappa shape index (κ1) is 11.9. The van der Waals surface area contributed by atoms with Crippen LogP contribution in [0, 0.1) is 0 Å². The number of methoxy groups -OCH3 is 1. The molecule has 2 atom stereocenters. The SMILES string of the molecule is COC(=O)C(CO)NC(=O)[C@H]1CCCO1. The third-order valence-electron chi connectivity index (χ3n) is 2.21. The predicted octanol–water partition coefficient (Wildman–Crippen LogP) is -1.18. The fourth-order valence-electron chi connectivity index (χ4n) is 1.37. The molecule has 1 aliphatic rings. The molecule has 15 heavy (non-hydrogen) atoms. The number of nitrogens with one attached hydrogen (secondary N) is 1. The molecule has 86 valence electrons. The van der Waals surface area contributed by atoms with Crippen LogP contribution in [0.1, 0.15) is 12.8 Å². The van der Waals surface area contributed by atoms with Crippen molar-refractivity contribution in [1.82, 2.24) is 5.32 Å². The van der Waals surface area contributed by atoms with Crippen LogP contribution in [0.25, 0.3) is 0 Å². The molecule has 1 aliphatic heterocycles. The number of amides is 1. The highest BCUT2D eigenvalue weighted by Crippen LogP contribution is 2.11. The zero-order valence-electron chi connectivity index (χ0n) is 8.56. The van der Waals surface area contributed by atoms with Gasteiger partial charge in [-0.2, -0.15) is 0 Å². The van der Waals surface area contributed by atoms with Crippen molar-refractivity contribution in [3.63, 3.8) is 0 Å². The minimum Gasteiger partial charge on any atom is -0.467 e. The zero-order valence-corrected chi connectivity index (χ0v) is 8.56. The first-order chi connectivity index (χ1) is 7.19. The summed E-state index contributed by atoms with van der Waals surface area (Å²) in [5.41, 5.74) is 0. The second-order valence-corrected chi connectivity index (χ2v) is 3.27. The summed E-state index contributed by atoms with van der Waals surface area (Å²) in [7, 11) is 1.20. The fourth-order valence-corrected chi connectivity index (χ4v) is 1.37. The van der Waals surface area contributed by atoms with E-state index in [-0.39, 0.29) is 5.91 Å². The summed E-state index contributed by atoms with van der Waals surface area (Å²) in [5, 5.41) is 11.2. The number of aliphatic hydroxyl groups is 1. The Bertz CT molecular complexity index is 237. The Kier molecular flexibility index (Phi) is 4.51. The normalized spacial score (nSPS) is 22.1. The summed E-state index contributed by atoms with van der Waals surface area (Å²) in [6, 6.07) is -1.01. The van der Waals surface area contributed by atoms with Crippen LogP contribution in [0.15, 0.2) is 0 Å². The number of ether oxygens (including phenoxy) is 2. The smallest absolute Gasteiger partial charge is 0.330 e. The van der Waals surface area contributed by atoms with Gasteiger partial charge in [-0.25, -0.2) is 4.79 Å². The van der Waals surface area contributed by atoms with Gasteiger partial charge in [0.15, 0.2) is 6.04 Å². The van der Waals surface area contributed by atoms with E-state index in [1.54, 1.807) is 0 Å². The summed E-state index contributed by atoms with van der Waals surface area (Å²) < 4.78 is 9.54. The third-order valence-corrected chi connectivity index (χ3v) is 2.21. The van der Waals surface area contributed by atoms with Gasteiger partial charge >= 0.3 is 5.97 Å². The van der Waals surface area contributed by atoms with Gasteiger partial charge in [-0.1, -0.05) is 0 Å². The third kappa shape index (κ3) is 3.17. The molecule has 1 saturated heterocycles. The van der Waals surface area contributed by atoms with Crippen molar-refractivity contribution in [2.45, 2.75) is 25.0 Å². The lowest BCUT2D eigenvalue weighted by molar-refractivity contribution is -0.147. The van der Waals surface area contributed by atoms with Crippen LogP contribution < -0.4 is 5.32 Å². The molecule has 0 saturated carbocycles. The van der Waals surface area contributed by atoms with Crippen molar-refractivity contribution in [3.8, 4) is 0 Å². The topological polar surface area (TPSA) is 84.9 Å². The lowest BCUT2D eigenvalue weighted by Gasteiger charge is -2.16. The maximum Gasteiger partial charge on any atom is 0.330 e. The number of hydrogen-bond acceptors (Lipinski definition) is 5.